The third kappa shape index (κ3) is 5.68. The molecule has 2 rings (SSSR count). The van der Waals surface area contributed by atoms with Crippen molar-refractivity contribution in [2.24, 2.45) is 0 Å². The minimum absolute atomic E-state index is 0.198. The maximum atomic E-state index is 11.8. The second-order valence-corrected chi connectivity index (χ2v) is 5.83. The number of nitrogens with one attached hydrogen (secondary N) is 2. The Morgan fingerprint density at radius 2 is 1.58 bits per heavy atom. The maximum absolute atomic E-state index is 11.8. The van der Waals surface area contributed by atoms with Crippen molar-refractivity contribution in [3.05, 3.63) is 58.6 Å². The number of anilines is 2. The average molecular weight is 347 g/mol. The van der Waals surface area contributed by atoms with E-state index in [2.05, 4.69) is 10.6 Å². The minimum atomic E-state index is -0.349. The quantitative estimate of drug-likeness (QED) is 0.840. The second kappa shape index (κ2) is 8.47. The Labute approximate surface area is 146 Å². The first kappa shape index (κ1) is 18.0. The average Bonchev–Trinajstić information content (AvgIpc) is 2.51. The van der Waals surface area contributed by atoms with E-state index >= 15 is 0 Å². The molecule has 0 aliphatic carbocycles. The first-order valence-electron chi connectivity index (χ1n) is 7.44. The molecule has 126 valence electrons. The second-order valence-electron chi connectivity index (χ2n) is 5.42. The smallest absolute Gasteiger partial charge is 0.250 e. The number of aryl methyl sites for hydroxylation is 2. The Morgan fingerprint density at radius 3 is 2.17 bits per heavy atom. The summed E-state index contributed by atoms with van der Waals surface area (Å²) >= 11 is 6.00. The topological polar surface area (TPSA) is 67.4 Å². The number of carbonyl (C=O) groups excluding carboxylic acids is 2. The molecule has 2 aromatic rings. The molecule has 0 saturated heterocycles. The Kier molecular flexibility index (Phi) is 6.35. The Hall–Kier alpha value is -2.37. The van der Waals surface area contributed by atoms with Crippen molar-refractivity contribution in [3.8, 4) is 0 Å². The largest absolute Gasteiger partial charge is 0.362 e. The summed E-state index contributed by atoms with van der Waals surface area (Å²) in [6.07, 6.45) is 0. The van der Waals surface area contributed by atoms with Crippen molar-refractivity contribution < 1.29 is 14.3 Å². The zero-order valence-corrected chi connectivity index (χ0v) is 14.3. The molecule has 2 amide bonds. The van der Waals surface area contributed by atoms with Crippen LogP contribution in [-0.4, -0.2) is 25.0 Å². The normalized spacial score (nSPS) is 10.3. The van der Waals surface area contributed by atoms with Gasteiger partial charge in [0, 0.05) is 16.4 Å². The van der Waals surface area contributed by atoms with E-state index in [0.29, 0.717) is 16.4 Å². The lowest BCUT2D eigenvalue weighted by molar-refractivity contribution is -0.125. The summed E-state index contributed by atoms with van der Waals surface area (Å²) in [4.78, 5) is 23.5. The molecule has 6 heteroatoms. The zero-order chi connectivity index (χ0) is 17.5. The molecule has 0 saturated carbocycles. The summed E-state index contributed by atoms with van der Waals surface area (Å²) in [5.74, 6) is -0.662. The molecule has 0 fully saturated rings. The highest BCUT2D eigenvalue weighted by Crippen LogP contribution is 2.19. The van der Waals surface area contributed by atoms with E-state index in [1.165, 1.54) is 0 Å². The van der Waals surface area contributed by atoms with Gasteiger partial charge in [-0.05, 0) is 49.2 Å². The van der Waals surface area contributed by atoms with Gasteiger partial charge in [-0.2, -0.15) is 0 Å². The molecule has 0 unspecified atom stereocenters. The number of rotatable bonds is 6. The lowest BCUT2D eigenvalue weighted by atomic mass is 10.2. The van der Waals surface area contributed by atoms with Gasteiger partial charge in [-0.15, -0.1) is 0 Å². The van der Waals surface area contributed by atoms with Crippen molar-refractivity contribution in [3.63, 3.8) is 0 Å². The lowest BCUT2D eigenvalue weighted by Gasteiger charge is -2.08. The highest BCUT2D eigenvalue weighted by atomic mass is 35.5. The monoisotopic (exact) mass is 346 g/mol. The molecular formula is C18H19ClN2O3. The van der Waals surface area contributed by atoms with Gasteiger partial charge in [0.15, 0.2) is 0 Å². The summed E-state index contributed by atoms with van der Waals surface area (Å²) in [6.45, 7) is 3.40. The van der Waals surface area contributed by atoms with E-state index in [1.807, 2.05) is 38.1 Å². The SMILES string of the molecule is Cc1cccc(NC(=O)COCC(=O)Nc2ccc(C)c(Cl)c2)c1. The Morgan fingerprint density at radius 1 is 0.958 bits per heavy atom. The number of hydrogen-bond acceptors (Lipinski definition) is 3. The standard InChI is InChI=1S/C18H19ClN2O3/c1-12-4-3-5-14(8-12)20-17(22)10-24-11-18(23)21-15-7-6-13(2)16(19)9-15/h3-9H,10-11H2,1-2H3,(H,20,22)(H,21,23). The van der Waals surface area contributed by atoms with Crippen LogP contribution in [0.3, 0.4) is 0 Å². The summed E-state index contributed by atoms with van der Waals surface area (Å²) in [5.41, 5.74) is 3.26. The van der Waals surface area contributed by atoms with Gasteiger partial charge in [-0.25, -0.2) is 0 Å². The summed E-state index contributed by atoms with van der Waals surface area (Å²) in [6, 6.07) is 12.7. The van der Waals surface area contributed by atoms with Crippen molar-refractivity contribution in [2.45, 2.75) is 13.8 Å². The van der Waals surface area contributed by atoms with Crippen molar-refractivity contribution in [1.82, 2.24) is 0 Å². The fraction of sp³-hybridized carbons (Fsp3) is 0.222. The summed E-state index contributed by atoms with van der Waals surface area (Å²) in [7, 11) is 0. The molecule has 24 heavy (non-hydrogen) atoms. The molecule has 2 aromatic carbocycles. The van der Waals surface area contributed by atoms with Gasteiger partial charge < -0.3 is 15.4 Å². The van der Waals surface area contributed by atoms with Crippen LogP contribution >= 0.6 is 11.6 Å². The molecule has 0 atom stereocenters. The molecular weight excluding hydrogens is 328 g/mol. The van der Waals surface area contributed by atoms with E-state index in [1.54, 1.807) is 18.2 Å². The van der Waals surface area contributed by atoms with Crippen LogP contribution in [-0.2, 0) is 14.3 Å². The summed E-state index contributed by atoms with van der Waals surface area (Å²) in [5, 5.41) is 5.94. The highest BCUT2D eigenvalue weighted by molar-refractivity contribution is 6.31. The molecule has 0 heterocycles. The van der Waals surface area contributed by atoms with E-state index in [-0.39, 0.29) is 25.0 Å². The zero-order valence-electron chi connectivity index (χ0n) is 13.6. The van der Waals surface area contributed by atoms with Gasteiger partial charge in [0.05, 0.1) is 0 Å². The maximum Gasteiger partial charge on any atom is 0.250 e. The van der Waals surface area contributed by atoms with E-state index in [4.69, 9.17) is 16.3 Å². The van der Waals surface area contributed by atoms with Crippen LogP contribution in [0.4, 0.5) is 11.4 Å². The molecule has 0 aliphatic heterocycles. The molecule has 2 N–H and O–H groups in total. The fourth-order valence-corrected chi connectivity index (χ4v) is 2.20. The van der Waals surface area contributed by atoms with Gasteiger partial charge in [0.2, 0.25) is 11.8 Å². The Bertz CT molecular complexity index is 747. The van der Waals surface area contributed by atoms with Gasteiger partial charge in [-0.1, -0.05) is 29.8 Å². The number of carbonyl (C=O) groups is 2. The number of ether oxygens (including phenoxy) is 1. The molecule has 5 nitrogen and oxygen atoms in total. The first-order chi connectivity index (χ1) is 11.4. The van der Waals surface area contributed by atoms with Crippen LogP contribution in [0.15, 0.2) is 42.5 Å². The highest BCUT2D eigenvalue weighted by Gasteiger charge is 2.07. The third-order valence-electron chi connectivity index (χ3n) is 3.22. The molecule has 0 aromatic heterocycles. The van der Waals surface area contributed by atoms with Crippen molar-refractivity contribution in [2.75, 3.05) is 23.8 Å². The predicted molar refractivity (Wildman–Crippen MR) is 95.4 cm³/mol. The minimum Gasteiger partial charge on any atom is -0.362 e. The molecule has 0 radical (unpaired) electrons. The Balaban J connectivity index is 1.73. The van der Waals surface area contributed by atoms with E-state index in [0.717, 1.165) is 11.1 Å². The molecule has 0 bridgehead atoms. The van der Waals surface area contributed by atoms with Crippen LogP contribution in [0, 0.1) is 13.8 Å². The number of halogens is 1. The van der Waals surface area contributed by atoms with Gasteiger partial charge in [0.25, 0.3) is 0 Å². The van der Waals surface area contributed by atoms with Crippen LogP contribution in [0.5, 0.6) is 0 Å². The third-order valence-corrected chi connectivity index (χ3v) is 3.63. The fourth-order valence-electron chi connectivity index (χ4n) is 2.02. The van der Waals surface area contributed by atoms with Crippen molar-refractivity contribution >= 4 is 34.8 Å². The number of benzene rings is 2. The summed E-state index contributed by atoms with van der Waals surface area (Å²) < 4.78 is 5.13. The van der Waals surface area contributed by atoms with E-state index in [9.17, 15) is 9.59 Å². The van der Waals surface area contributed by atoms with Crippen LogP contribution < -0.4 is 10.6 Å². The first-order valence-corrected chi connectivity index (χ1v) is 7.82. The van der Waals surface area contributed by atoms with Crippen LogP contribution in [0.25, 0.3) is 0 Å². The lowest BCUT2D eigenvalue weighted by Crippen LogP contribution is -2.24. The van der Waals surface area contributed by atoms with Crippen LogP contribution in [0.2, 0.25) is 5.02 Å². The molecule has 0 aliphatic rings. The number of hydrogen-bond donors (Lipinski definition) is 2. The predicted octanol–water partition coefficient (Wildman–Crippen LogP) is 3.55. The van der Waals surface area contributed by atoms with Gasteiger partial charge in [0.1, 0.15) is 13.2 Å². The van der Waals surface area contributed by atoms with Crippen molar-refractivity contribution in [1.29, 1.82) is 0 Å². The van der Waals surface area contributed by atoms with Crippen LogP contribution in [0.1, 0.15) is 11.1 Å². The van der Waals surface area contributed by atoms with Gasteiger partial charge in [-0.3, -0.25) is 9.59 Å². The molecule has 0 spiro atoms. The van der Waals surface area contributed by atoms with E-state index < -0.39 is 0 Å². The van der Waals surface area contributed by atoms with Gasteiger partial charge >= 0.3 is 0 Å². The number of amides is 2.